The molecule has 0 spiro atoms. The fraction of sp³-hybridized carbons (Fsp3) is 0.625. The Morgan fingerprint density at radius 2 is 2.00 bits per heavy atom. The number of para-hydroxylation sites is 1. The van der Waals surface area contributed by atoms with Crippen molar-refractivity contribution in [2.24, 2.45) is 5.92 Å². The normalized spacial score (nSPS) is 22.9. The van der Waals surface area contributed by atoms with Gasteiger partial charge in [-0.1, -0.05) is 38.0 Å². The summed E-state index contributed by atoms with van der Waals surface area (Å²) in [5.41, 5.74) is 1.38. The third-order valence-corrected chi connectivity index (χ3v) is 4.15. The largest absolute Gasteiger partial charge is 0.371 e. The highest BCUT2D eigenvalue weighted by Gasteiger charge is 2.27. The van der Waals surface area contributed by atoms with E-state index >= 15 is 0 Å². The SMILES string of the molecule is CCCC[C@H]1CN(c2ccccc2)CC[C@@H]1NC.Cl. The van der Waals surface area contributed by atoms with Crippen molar-refractivity contribution in [1.82, 2.24) is 5.32 Å². The molecule has 1 aliphatic rings. The van der Waals surface area contributed by atoms with Crippen LogP contribution in [0.25, 0.3) is 0 Å². The first-order valence-corrected chi connectivity index (χ1v) is 7.32. The van der Waals surface area contributed by atoms with E-state index in [4.69, 9.17) is 0 Å². The average Bonchev–Trinajstić information content (AvgIpc) is 2.45. The summed E-state index contributed by atoms with van der Waals surface area (Å²) in [7, 11) is 2.11. The second-order valence-electron chi connectivity index (χ2n) is 5.37. The molecule has 1 heterocycles. The predicted octanol–water partition coefficient (Wildman–Crippen LogP) is 3.71. The summed E-state index contributed by atoms with van der Waals surface area (Å²) in [5.74, 6) is 0.795. The third-order valence-electron chi connectivity index (χ3n) is 4.15. The van der Waals surface area contributed by atoms with Crippen molar-refractivity contribution >= 4 is 18.1 Å². The number of nitrogens with zero attached hydrogens (tertiary/aromatic N) is 1. The van der Waals surface area contributed by atoms with E-state index in [1.54, 1.807) is 0 Å². The van der Waals surface area contributed by atoms with Gasteiger partial charge in [0.1, 0.15) is 0 Å². The van der Waals surface area contributed by atoms with Gasteiger partial charge < -0.3 is 10.2 Å². The fourth-order valence-electron chi connectivity index (χ4n) is 3.04. The van der Waals surface area contributed by atoms with Crippen molar-refractivity contribution < 1.29 is 0 Å². The highest BCUT2D eigenvalue weighted by Crippen LogP contribution is 2.26. The first-order chi connectivity index (χ1) is 8.85. The van der Waals surface area contributed by atoms with Crippen molar-refractivity contribution in [1.29, 1.82) is 0 Å². The molecule has 3 heteroatoms. The van der Waals surface area contributed by atoms with Gasteiger partial charge >= 0.3 is 0 Å². The van der Waals surface area contributed by atoms with Crippen LogP contribution in [0.4, 0.5) is 5.69 Å². The number of halogens is 1. The van der Waals surface area contributed by atoms with Crippen LogP contribution in [0.1, 0.15) is 32.6 Å². The Balaban J connectivity index is 0.00000180. The van der Waals surface area contributed by atoms with E-state index in [0.29, 0.717) is 6.04 Å². The van der Waals surface area contributed by atoms with Crippen LogP contribution in [-0.4, -0.2) is 26.2 Å². The van der Waals surface area contributed by atoms with E-state index in [9.17, 15) is 0 Å². The molecule has 0 unspecified atom stereocenters. The van der Waals surface area contributed by atoms with E-state index in [1.807, 2.05) is 0 Å². The van der Waals surface area contributed by atoms with Crippen LogP contribution in [-0.2, 0) is 0 Å². The number of hydrogen-bond acceptors (Lipinski definition) is 2. The smallest absolute Gasteiger partial charge is 0.0366 e. The highest BCUT2D eigenvalue weighted by molar-refractivity contribution is 5.85. The molecule has 0 aliphatic carbocycles. The van der Waals surface area contributed by atoms with Gasteiger partial charge in [0.05, 0.1) is 0 Å². The maximum Gasteiger partial charge on any atom is 0.0366 e. The second kappa shape index (κ2) is 8.44. The van der Waals surface area contributed by atoms with E-state index in [1.165, 1.54) is 44.5 Å². The van der Waals surface area contributed by atoms with Crippen molar-refractivity contribution in [2.45, 2.75) is 38.6 Å². The summed E-state index contributed by atoms with van der Waals surface area (Å²) >= 11 is 0. The van der Waals surface area contributed by atoms with Crippen LogP contribution >= 0.6 is 12.4 Å². The summed E-state index contributed by atoms with van der Waals surface area (Å²) in [4.78, 5) is 2.55. The van der Waals surface area contributed by atoms with Crippen LogP contribution in [0.5, 0.6) is 0 Å². The predicted molar refractivity (Wildman–Crippen MR) is 86.4 cm³/mol. The molecular weight excluding hydrogens is 256 g/mol. The minimum absolute atomic E-state index is 0. The maximum absolute atomic E-state index is 3.51. The van der Waals surface area contributed by atoms with Crippen LogP contribution < -0.4 is 10.2 Å². The molecule has 1 aromatic carbocycles. The highest BCUT2D eigenvalue weighted by atomic mass is 35.5. The number of benzene rings is 1. The quantitative estimate of drug-likeness (QED) is 0.886. The van der Waals surface area contributed by atoms with Gasteiger partial charge in [0.25, 0.3) is 0 Å². The van der Waals surface area contributed by atoms with Gasteiger partial charge in [-0.2, -0.15) is 0 Å². The lowest BCUT2D eigenvalue weighted by Crippen LogP contribution is -2.48. The summed E-state index contributed by atoms with van der Waals surface area (Å²) in [6, 6.07) is 11.5. The third kappa shape index (κ3) is 4.39. The molecule has 2 atom stereocenters. The van der Waals surface area contributed by atoms with E-state index in [-0.39, 0.29) is 12.4 Å². The zero-order chi connectivity index (χ0) is 12.8. The molecule has 0 amide bonds. The molecule has 0 radical (unpaired) electrons. The Kier molecular flexibility index (Phi) is 7.25. The molecule has 2 nitrogen and oxygen atoms in total. The Morgan fingerprint density at radius 1 is 1.26 bits per heavy atom. The van der Waals surface area contributed by atoms with Gasteiger partial charge in [0, 0.05) is 24.8 Å². The zero-order valence-electron chi connectivity index (χ0n) is 12.1. The molecule has 0 bridgehead atoms. The molecule has 1 aromatic rings. The van der Waals surface area contributed by atoms with Gasteiger partial charge in [-0.05, 0) is 37.9 Å². The van der Waals surface area contributed by atoms with Crippen LogP contribution in [0.3, 0.4) is 0 Å². The van der Waals surface area contributed by atoms with E-state index < -0.39 is 0 Å². The minimum Gasteiger partial charge on any atom is -0.371 e. The maximum atomic E-state index is 3.51. The summed E-state index contributed by atoms with van der Waals surface area (Å²) < 4.78 is 0. The van der Waals surface area contributed by atoms with Crippen molar-refractivity contribution in [3.8, 4) is 0 Å². The average molecular weight is 283 g/mol. The molecule has 2 rings (SSSR count). The number of rotatable bonds is 5. The molecule has 1 aliphatic heterocycles. The van der Waals surface area contributed by atoms with E-state index in [2.05, 4.69) is 54.5 Å². The lowest BCUT2D eigenvalue weighted by atomic mass is 9.87. The Morgan fingerprint density at radius 3 is 2.63 bits per heavy atom. The first kappa shape index (κ1) is 16.3. The Hall–Kier alpha value is -0.730. The number of hydrogen-bond donors (Lipinski definition) is 1. The number of nitrogens with one attached hydrogen (secondary N) is 1. The molecular formula is C16H27ClN2. The van der Waals surface area contributed by atoms with Crippen LogP contribution in [0.15, 0.2) is 30.3 Å². The lowest BCUT2D eigenvalue weighted by molar-refractivity contribution is 0.295. The molecule has 108 valence electrons. The number of unbranched alkanes of at least 4 members (excludes halogenated alkanes) is 1. The zero-order valence-corrected chi connectivity index (χ0v) is 13.0. The lowest BCUT2D eigenvalue weighted by Gasteiger charge is -2.40. The van der Waals surface area contributed by atoms with Gasteiger partial charge in [0.15, 0.2) is 0 Å². The van der Waals surface area contributed by atoms with Crippen molar-refractivity contribution in [3.63, 3.8) is 0 Å². The monoisotopic (exact) mass is 282 g/mol. The van der Waals surface area contributed by atoms with Crippen molar-refractivity contribution in [2.75, 3.05) is 25.0 Å². The topological polar surface area (TPSA) is 15.3 Å². The summed E-state index contributed by atoms with van der Waals surface area (Å²) in [6.07, 6.45) is 5.27. The van der Waals surface area contributed by atoms with Crippen LogP contribution in [0.2, 0.25) is 0 Å². The van der Waals surface area contributed by atoms with Gasteiger partial charge in [-0.3, -0.25) is 0 Å². The fourth-order valence-corrected chi connectivity index (χ4v) is 3.04. The van der Waals surface area contributed by atoms with Gasteiger partial charge in [-0.15, -0.1) is 12.4 Å². The minimum atomic E-state index is 0. The molecule has 0 aromatic heterocycles. The van der Waals surface area contributed by atoms with Crippen molar-refractivity contribution in [3.05, 3.63) is 30.3 Å². The van der Waals surface area contributed by atoms with Gasteiger partial charge in [0.2, 0.25) is 0 Å². The number of anilines is 1. The summed E-state index contributed by atoms with van der Waals surface area (Å²) in [5, 5.41) is 3.51. The standard InChI is InChI=1S/C16H26N2.ClH/c1-3-4-8-14-13-18(12-11-16(14)17-2)15-9-6-5-7-10-15;/h5-7,9-10,14,16-17H,3-4,8,11-13H2,1-2H3;1H/t14-,16-;/m0./s1. The van der Waals surface area contributed by atoms with Crippen LogP contribution in [0, 0.1) is 5.92 Å². The molecule has 1 fully saturated rings. The van der Waals surface area contributed by atoms with E-state index in [0.717, 1.165) is 5.92 Å². The second-order valence-corrected chi connectivity index (χ2v) is 5.37. The Bertz CT molecular complexity index is 342. The molecule has 1 N–H and O–H groups in total. The Labute approximate surface area is 124 Å². The summed E-state index contributed by atoms with van der Waals surface area (Å²) in [6.45, 7) is 4.67. The molecule has 0 saturated carbocycles. The molecule has 19 heavy (non-hydrogen) atoms. The molecule has 1 saturated heterocycles. The van der Waals surface area contributed by atoms with Gasteiger partial charge in [-0.25, -0.2) is 0 Å². The first-order valence-electron chi connectivity index (χ1n) is 7.32. The number of piperidine rings is 1.